The van der Waals surface area contributed by atoms with Crippen molar-refractivity contribution in [3.05, 3.63) is 59.2 Å². The molecule has 1 saturated heterocycles. The third kappa shape index (κ3) is 4.57. The van der Waals surface area contributed by atoms with Crippen molar-refractivity contribution >= 4 is 21.6 Å². The van der Waals surface area contributed by atoms with Crippen molar-refractivity contribution in [3.63, 3.8) is 0 Å². The van der Waals surface area contributed by atoms with Gasteiger partial charge in [0.25, 0.3) is 5.91 Å². The van der Waals surface area contributed by atoms with Crippen LogP contribution in [0.3, 0.4) is 0 Å². The second-order valence-electron chi connectivity index (χ2n) is 7.12. The number of benzene rings is 2. The van der Waals surface area contributed by atoms with E-state index in [0.29, 0.717) is 18.7 Å². The molecule has 0 unspecified atom stereocenters. The first-order chi connectivity index (χ1) is 12.9. The molecule has 5 nitrogen and oxygen atoms in total. The minimum absolute atomic E-state index is 0.243. The summed E-state index contributed by atoms with van der Waals surface area (Å²) in [5.41, 5.74) is 3.31. The molecule has 2 aromatic rings. The lowest BCUT2D eigenvalue weighted by atomic mass is 10.1. The number of carbonyl (C=O) groups is 1. The van der Waals surface area contributed by atoms with Gasteiger partial charge in [-0.25, -0.2) is 8.42 Å². The molecule has 0 aromatic heterocycles. The summed E-state index contributed by atoms with van der Waals surface area (Å²) >= 11 is 0. The zero-order valence-corrected chi connectivity index (χ0v) is 16.7. The van der Waals surface area contributed by atoms with Gasteiger partial charge in [0.1, 0.15) is 0 Å². The topological polar surface area (TPSA) is 66.5 Å². The minimum Gasteiger partial charge on any atom is -0.322 e. The molecule has 2 aromatic carbocycles. The molecule has 1 aliphatic rings. The van der Waals surface area contributed by atoms with Crippen LogP contribution in [-0.4, -0.2) is 31.7 Å². The minimum atomic E-state index is -3.50. The van der Waals surface area contributed by atoms with E-state index in [-0.39, 0.29) is 10.8 Å². The molecule has 0 radical (unpaired) electrons. The normalized spacial score (nSPS) is 15.9. The van der Waals surface area contributed by atoms with Crippen LogP contribution in [0.5, 0.6) is 0 Å². The van der Waals surface area contributed by atoms with E-state index >= 15 is 0 Å². The van der Waals surface area contributed by atoms with Gasteiger partial charge in [-0.2, -0.15) is 4.31 Å². The van der Waals surface area contributed by atoms with Gasteiger partial charge in [0.15, 0.2) is 0 Å². The van der Waals surface area contributed by atoms with Crippen molar-refractivity contribution in [3.8, 4) is 0 Å². The quantitative estimate of drug-likeness (QED) is 0.859. The summed E-state index contributed by atoms with van der Waals surface area (Å²) < 4.78 is 27.2. The molecule has 0 spiro atoms. The Kier molecular flexibility index (Phi) is 5.97. The second-order valence-corrected chi connectivity index (χ2v) is 9.05. The first-order valence-corrected chi connectivity index (χ1v) is 10.8. The summed E-state index contributed by atoms with van der Waals surface area (Å²) in [6, 6.07) is 12.0. The summed E-state index contributed by atoms with van der Waals surface area (Å²) in [5, 5.41) is 2.88. The Hall–Kier alpha value is -2.18. The Bertz CT molecular complexity index is 913. The van der Waals surface area contributed by atoms with Gasteiger partial charge >= 0.3 is 0 Å². The van der Waals surface area contributed by atoms with Gasteiger partial charge < -0.3 is 5.32 Å². The first-order valence-electron chi connectivity index (χ1n) is 9.37. The van der Waals surface area contributed by atoms with Crippen LogP contribution in [-0.2, 0) is 10.0 Å². The molecule has 1 amide bonds. The molecule has 27 heavy (non-hydrogen) atoms. The molecule has 0 aliphatic carbocycles. The lowest BCUT2D eigenvalue weighted by Crippen LogP contribution is -2.31. The Morgan fingerprint density at radius 3 is 2.15 bits per heavy atom. The predicted molar refractivity (Wildman–Crippen MR) is 108 cm³/mol. The number of amides is 1. The molecular weight excluding hydrogens is 360 g/mol. The van der Waals surface area contributed by atoms with Crippen LogP contribution in [0.1, 0.15) is 47.2 Å². The zero-order chi connectivity index (χ0) is 19.4. The summed E-state index contributed by atoms with van der Waals surface area (Å²) in [5.74, 6) is -0.249. The number of carbonyl (C=O) groups excluding carboxylic acids is 1. The van der Waals surface area contributed by atoms with Gasteiger partial charge in [0, 0.05) is 24.3 Å². The molecule has 1 N–H and O–H groups in total. The van der Waals surface area contributed by atoms with Gasteiger partial charge in [-0.3, -0.25) is 4.79 Å². The van der Waals surface area contributed by atoms with Crippen molar-refractivity contribution in [1.82, 2.24) is 4.31 Å². The number of rotatable bonds is 4. The van der Waals surface area contributed by atoms with Crippen LogP contribution in [0, 0.1) is 13.8 Å². The van der Waals surface area contributed by atoms with E-state index in [2.05, 4.69) is 5.32 Å². The molecule has 0 atom stereocenters. The number of sulfonamides is 1. The number of nitrogens with zero attached hydrogens (tertiary/aromatic N) is 1. The summed E-state index contributed by atoms with van der Waals surface area (Å²) in [7, 11) is -3.50. The largest absolute Gasteiger partial charge is 0.322 e. The first kappa shape index (κ1) is 19.6. The van der Waals surface area contributed by atoms with Gasteiger partial charge in [0.05, 0.1) is 4.90 Å². The third-order valence-corrected chi connectivity index (χ3v) is 6.86. The molecule has 1 heterocycles. The van der Waals surface area contributed by atoms with Crippen LogP contribution >= 0.6 is 0 Å². The second kappa shape index (κ2) is 8.23. The fourth-order valence-electron chi connectivity index (χ4n) is 3.36. The average Bonchev–Trinajstić information content (AvgIpc) is 2.94. The maximum atomic E-state index is 12.8. The molecule has 144 valence electrons. The van der Waals surface area contributed by atoms with E-state index in [1.165, 1.54) is 12.1 Å². The molecule has 1 fully saturated rings. The fourth-order valence-corrected chi connectivity index (χ4v) is 4.87. The third-order valence-electron chi connectivity index (χ3n) is 4.95. The molecule has 6 heteroatoms. The maximum Gasteiger partial charge on any atom is 0.255 e. The lowest BCUT2D eigenvalue weighted by Gasteiger charge is -2.20. The van der Waals surface area contributed by atoms with E-state index < -0.39 is 10.0 Å². The molecule has 0 saturated carbocycles. The van der Waals surface area contributed by atoms with E-state index in [4.69, 9.17) is 0 Å². The smallest absolute Gasteiger partial charge is 0.255 e. The fraction of sp³-hybridized carbons (Fsp3) is 0.381. The number of anilines is 1. The number of aryl methyl sites for hydroxylation is 2. The Balaban J connectivity index is 1.75. The van der Waals surface area contributed by atoms with Crippen molar-refractivity contribution in [2.75, 3.05) is 18.4 Å². The van der Waals surface area contributed by atoms with Crippen molar-refractivity contribution in [1.29, 1.82) is 0 Å². The Labute approximate surface area is 161 Å². The van der Waals surface area contributed by atoms with Crippen LogP contribution in [0.15, 0.2) is 47.4 Å². The van der Waals surface area contributed by atoms with Crippen molar-refractivity contribution in [2.45, 2.75) is 44.4 Å². The predicted octanol–water partition coefficient (Wildman–Crippen LogP) is 4.12. The number of hydrogen-bond donors (Lipinski definition) is 1. The molecule has 1 aliphatic heterocycles. The SMILES string of the molecule is Cc1ccc(NC(=O)c2ccc(S(=O)(=O)N3CCCCCC3)cc2)c(C)c1. The zero-order valence-electron chi connectivity index (χ0n) is 15.9. The summed E-state index contributed by atoms with van der Waals surface area (Å²) in [4.78, 5) is 12.7. The van der Waals surface area contributed by atoms with Crippen LogP contribution < -0.4 is 5.32 Å². The van der Waals surface area contributed by atoms with Crippen LogP contribution in [0.2, 0.25) is 0 Å². The highest BCUT2D eigenvalue weighted by Gasteiger charge is 2.25. The number of nitrogens with one attached hydrogen (secondary N) is 1. The highest BCUT2D eigenvalue weighted by atomic mass is 32.2. The van der Waals surface area contributed by atoms with Crippen molar-refractivity contribution < 1.29 is 13.2 Å². The molecule has 3 rings (SSSR count). The molecular formula is C21H26N2O3S. The van der Waals surface area contributed by atoms with E-state index in [1.807, 2.05) is 32.0 Å². The maximum absolute atomic E-state index is 12.8. The highest BCUT2D eigenvalue weighted by Crippen LogP contribution is 2.22. The van der Waals surface area contributed by atoms with Gasteiger partial charge in [-0.05, 0) is 62.6 Å². The van der Waals surface area contributed by atoms with Crippen LogP contribution in [0.4, 0.5) is 5.69 Å². The van der Waals surface area contributed by atoms with Gasteiger partial charge in [0.2, 0.25) is 10.0 Å². The molecule has 0 bridgehead atoms. The Morgan fingerprint density at radius 1 is 0.926 bits per heavy atom. The highest BCUT2D eigenvalue weighted by molar-refractivity contribution is 7.89. The summed E-state index contributed by atoms with van der Waals surface area (Å²) in [6.45, 7) is 5.08. The monoisotopic (exact) mass is 386 g/mol. The average molecular weight is 387 g/mol. The summed E-state index contributed by atoms with van der Waals surface area (Å²) in [6.07, 6.45) is 3.94. The van der Waals surface area contributed by atoms with Gasteiger partial charge in [-0.15, -0.1) is 0 Å². The number of hydrogen-bond acceptors (Lipinski definition) is 3. The lowest BCUT2D eigenvalue weighted by molar-refractivity contribution is 0.102. The van der Waals surface area contributed by atoms with E-state index in [9.17, 15) is 13.2 Å². The van der Waals surface area contributed by atoms with Crippen LogP contribution in [0.25, 0.3) is 0 Å². The van der Waals surface area contributed by atoms with Gasteiger partial charge in [-0.1, -0.05) is 30.5 Å². The standard InChI is InChI=1S/C21H26N2O3S/c1-16-7-12-20(17(2)15-16)22-21(24)18-8-10-19(11-9-18)27(25,26)23-13-5-3-4-6-14-23/h7-12,15H,3-6,13-14H2,1-2H3,(H,22,24). The van der Waals surface area contributed by atoms with Crippen molar-refractivity contribution in [2.24, 2.45) is 0 Å². The van der Waals surface area contributed by atoms with E-state index in [1.54, 1.807) is 16.4 Å². The Morgan fingerprint density at radius 2 is 1.56 bits per heavy atom. The van der Waals surface area contributed by atoms with E-state index in [0.717, 1.165) is 42.5 Å².